The van der Waals surface area contributed by atoms with Crippen molar-refractivity contribution in [1.82, 2.24) is 9.21 Å². The molecule has 2 aliphatic heterocycles. The van der Waals surface area contributed by atoms with Crippen molar-refractivity contribution in [3.8, 4) is 5.75 Å². The Morgan fingerprint density at radius 3 is 2.48 bits per heavy atom. The Labute approximate surface area is 162 Å². The van der Waals surface area contributed by atoms with Crippen molar-refractivity contribution >= 4 is 15.9 Å². The number of hydrogen-bond donors (Lipinski definition) is 0. The van der Waals surface area contributed by atoms with Crippen LogP contribution in [0.1, 0.15) is 38.2 Å². The highest BCUT2D eigenvalue weighted by atomic mass is 32.2. The van der Waals surface area contributed by atoms with Crippen LogP contribution in [0.25, 0.3) is 0 Å². The van der Waals surface area contributed by atoms with Gasteiger partial charge in [-0.2, -0.15) is 4.31 Å². The van der Waals surface area contributed by atoms with E-state index in [0.717, 1.165) is 44.3 Å². The highest BCUT2D eigenvalue weighted by molar-refractivity contribution is 7.89. The first-order valence-corrected chi connectivity index (χ1v) is 11.2. The topological polar surface area (TPSA) is 66.9 Å². The molecular formula is C20H30N2O4S. The number of nitrogens with zero attached hydrogens (tertiary/aromatic N) is 2. The zero-order valence-corrected chi connectivity index (χ0v) is 17.3. The van der Waals surface area contributed by atoms with E-state index in [-0.39, 0.29) is 23.3 Å². The van der Waals surface area contributed by atoms with Crippen molar-refractivity contribution in [2.45, 2.75) is 44.4 Å². The number of amides is 1. The maximum absolute atomic E-state index is 13.1. The third kappa shape index (κ3) is 4.29. The summed E-state index contributed by atoms with van der Waals surface area (Å²) >= 11 is 0. The second kappa shape index (κ2) is 8.19. The fraction of sp³-hybridized carbons (Fsp3) is 0.650. The summed E-state index contributed by atoms with van der Waals surface area (Å²) in [7, 11) is -2.04. The van der Waals surface area contributed by atoms with E-state index in [1.165, 1.54) is 4.31 Å². The average Bonchev–Trinajstić information content (AvgIpc) is 2.68. The third-order valence-electron chi connectivity index (χ3n) is 5.83. The van der Waals surface area contributed by atoms with E-state index in [9.17, 15) is 13.2 Å². The number of likely N-dealkylation sites (tertiary alicyclic amines) is 1. The molecule has 0 saturated carbocycles. The van der Waals surface area contributed by atoms with Crippen LogP contribution in [-0.2, 0) is 14.8 Å². The Morgan fingerprint density at radius 1 is 1.15 bits per heavy atom. The van der Waals surface area contributed by atoms with Gasteiger partial charge >= 0.3 is 0 Å². The van der Waals surface area contributed by atoms with Gasteiger partial charge in [0.05, 0.1) is 17.9 Å². The zero-order valence-electron chi connectivity index (χ0n) is 16.5. The molecule has 2 fully saturated rings. The molecule has 27 heavy (non-hydrogen) atoms. The van der Waals surface area contributed by atoms with Gasteiger partial charge in [-0.1, -0.05) is 6.92 Å². The lowest BCUT2D eigenvalue weighted by Gasteiger charge is -2.37. The van der Waals surface area contributed by atoms with Gasteiger partial charge in [-0.25, -0.2) is 8.42 Å². The molecule has 0 spiro atoms. The van der Waals surface area contributed by atoms with Crippen LogP contribution in [0.4, 0.5) is 0 Å². The summed E-state index contributed by atoms with van der Waals surface area (Å²) in [6.07, 6.45) is 3.55. The molecule has 1 atom stereocenters. The molecule has 1 unspecified atom stereocenters. The van der Waals surface area contributed by atoms with Crippen molar-refractivity contribution in [1.29, 1.82) is 0 Å². The second-order valence-corrected chi connectivity index (χ2v) is 9.78. The number of rotatable bonds is 4. The monoisotopic (exact) mass is 394 g/mol. The number of aryl methyl sites for hydroxylation is 1. The van der Waals surface area contributed by atoms with Crippen LogP contribution in [0.5, 0.6) is 5.75 Å². The fourth-order valence-corrected chi connectivity index (χ4v) is 5.62. The molecule has 1 aromatic rings. The second-order valence-electron chi connectivity index (χ2n) is 7.84. The molecule has 3 rings (SSSR count). The molecule has 0 aromatic heterocycles. The normalized spacial score (nSPS) is 22.6. The molecule has 0 N–H and O–H groups in total. The largest absolute Gasteiger partial charge is 0.496 e. The number of carbonyl (C=O) groups excluding carboxylic acids is 1. The number of methoxy groups -OCH3 is 1. The summed E-state index contributed by atoms with van der Waals surface area (Å²) in [6, 6.07) is 4.91. The molecule has 0 bridgehead atoms. The minimum absolute atomic E-state index is 0.118. The molecule has 150 valence electrons. The highest BCUT2D eigenvalue weighted by Crippen LogP contribution is 2.28. The van der Waals surface area contributed by atoms with E-state index in [0.29, 0.717) is 18.2 Å². The Kier molecular flexibility index (Phi) is 6.11. The van der Waals surface area contributed by atoms with Crippen LogP contribution in [0, 0.1) is 18.8 Å². The molecule has 2 aliphatic rings. The van der Waals surface area contributed by atoms with Gasteiger partial charge in [0.2, 0.25) is 15.9 Å². The summed E-state index contributed by atoms with van der Waals surface area (Å²) in [4.78, 5) is 15.1. The zero-order chi connectivity index (χ0) is 19.6. The lowest BCUT2D eigenvalue weighted by molar-refractivity contribution is -0.138. The van der Waals surface area contributed by atoms with Gasteiger partial charge in [-0.15, -0.1) is 0 Å². The number of carbonyl (C=O) groups is 1. The number of hydrogen-bond acceptors (Lipinski definition) is 4. The van der Waals surface area contributed by atoms with E-state index < -0.39 is 10.0 Å². The number of piperidine rings is 2. The first-order chi connectivity index (χ1) is 12.8. The molecule has 1 aromatic carbocycles. The Bertz CT molecular complexity index is 785. The molecule has 1 amide bonds. The number of benzene rings is 1. The molecular weight excluding hydrogens is 364 g/mol. The summed E-state index contributed by atoms with van der Waals surface area (Å²) < 4.78 is 32.9. The maximum atomic E-state index is 13.1. The van der Waals surface area contributed by atoms with Gasteiger partial charge < -0.3 is 9.64 Å². The van der Waals surface area contributed by atoms with Crippen molar-refractivity contribution in [2.75, 3.05) is 33.3 Å². The Balaban J connectivity index is 1.73. The summed E-state index contributed by atoms with van der Waals surface area (Å²) in [5.74, 6) is 1.21. The van der Waals surface area contributed by atoms with Crippen LogP contribution in [0.3, 0.4) is 0 Å². The van der Waals surface area contributed by atoms with Crippen molar-refractivity contribution in [3.05, 3.63) is 23.8 Å². The SMILES string of the molecule is COc1ccc(S(=O)(=O)N2CCCC(C(=O)N3CCC(C)CC3)C2)cc1C. The van der Waals surface area contributed by atoms with Crippen molar-refractivity contribution in [2.24, 2.45) is 11.8 Å². The standard InChI is InChI=1S/C20H30N2O4S/c1-15-8-11-21(12-9-15)20(23)17-5-4-10-22(14-17)27(24,25)18-6-7-19(26-3)16(2)13-18/h6-7,13,15,17H,4-5,8-12,14H2,1-3H3. The first kappa shape index (κ1) is 20.1. The molecule has 6 nitrogen and oxygen atoms in total. The van der Waals surface area contributed by atoms with Crippen LogP contribution in [-0.4, -0.2) is 56.8 Å². The van der Waals surface area contributed by atoms with Crippen molar-refractivity contribution < 1.29 is 17.9 Å². The molecule has 0 aliphatic carbocycles. The number of sulfonamides is 1. The van der Waals surface area contributed by atoms with Gasteiger partial charge in [0.1, 0.15) is 5.75 Å². The summed E-state index contributed by atoms with van der Waals surface area (Å²) in [5, 5.41) is 0. The molecule has 2 heterocycles. The van der Waals surface area contributed by atoms with E-state index in [1.54, 1.807) is 25.3 Å². The van der Waals surface area contributed by atoms with Crippen LogP contribution >= 0.6 is 0 Å². The van der Waals surface area contributed by atoms with Gasteiger partial charge in [-0.05, 0) is 62.3 Å². The minimum Gasteiger partial charge on any atom is -0.496 e. The summed E-state index contributed by atoms with van der Waals surface area (Å²) in [5.41, 5.74) is 0.783. The van der Waals surface area contributed by atoms with Gasteiger partial charge in [0.15, 0.2) is 0 Å². The van der Waals surface area contributed by atoms with Gasteiger partial charge in [0, 0.05) is 26.2 Å². The molecule has 7 heteroatoms. The van der Waals surface area contributed by atoms with Crippen LogP contribution < -0.4 is 4.74 Å². The van der Waals surface area contributed by atoms with Crippen LogP contribution in [0.2, 0.25) is 0 Å². The predicted molar refractivity (Wildman–Crippen MR) is 104 cm³/mol. The Hall–Kier alpha value is -1.60. The first-order valence-electron chi connectivity index (χ1n) is 9.76. The minimum atomic E-state index is -3.61. The van der Waals surface area contributed by atoms with E-state index in [1.807, 2.05) is 11.8 Å². The maximum Gasteiger partial charge on any atom is 0.243 e. The quantitative estimate of drug-likeness (QED) is 0.787. The van der Waals surface area contributed by atoms with E-state index >= 15 is 0 Å². The van der Waals surface area contributed by atoms with Gasteiger partial charge in [-0.3, -0.25) is 4.79 Å². The lowest BCUT2D eigenvalue weighted by atomic mass is 9.94. The van der Waals surface area contributed by atoms with E-state index in [2.05, 4.69) is 6.92 Å². The average molecular weight is 395 g/mol. The van der Waals surface area contributed by atoms with Crippen LogP contribution in [0.15, 0.2) is 23.1 Å². The Morgan fingerprint density at radius 2 is 1.85 bits per heavy atom. The van der Waals surface area contributed by atoms with E-state index in [4.69, 9.17) is 4.74 Å². The molecule has 2 saturated heterocycles. The highest BCUT2D eigenvalue weighted by Gasteiger charge is 2.35. The third-order valence-corrected chi connectivity index (χ3v) is 7.69. The smallest absolute Gasteiger partial charge is 0.243 e. The number of ether oxygens (including phenoxy) is 1. The lowest BCUT2D eigenvalue weighted by Crippen LogP contribution is -2.48. The predicted octanol–water partition coefficient (Wildman–Crippen LogP) is 2.66. The summed E-state index contributed by atoms with van der Waals surface area (Å²) in [6.45, 7) is 6.37. The fourth-order valence-electron chi connectivity index (χ4n) is 4.01. The molecule has 0 radical (unpaired) electrons. The van der Waals surface area contributed by atoms with Crippen molar-refractivity contribution in [3.63, 3.8) is 0 Å². The van der Waals surface area contributed by atoms with Gasteiger partial charge in [0.25, 0.3) is 0 Å².